The van der Waals surface area contributed by atoms with Crippen molar-refractivity contribution < 1.29 is 9.90 Å². The minimum Gasteiger partial charge on any atom is -0.478 e. The number of carboxylic acid groups (broad SMARTS) is 1. The molecule has 0 bridgehead atoms. The minimum atomic E-state index is -0.859. The zero-order chi connectivity index (χ0) is 9.14. The molecule has 0 saturated carbocycles. The Labute approximate surface area is 75.2 Å². The summed E-state index contributed by atoms with van der Waals surface area (Å²) in [5.74, 6) is -0.859. The molecule has 0 aliphatic carbocycles. The number of rotatable bonds is 2. The molecule has 0 aliphatic heterocycles. The normalized spacial score (nSPS) is 11.7. The predicted octanol–water partition coefficient (Wildman–Crippen LogP) is 2.54. The number of thiophene rings is 1. The van der Waals surface area contributed by atoms with Gasteiger partial charge in [0, 0.05) is 10.5 Å². The van der Waals surface area contributed by atoms with Gasteiger partial charge in [0.1, 0.15) is 0 Å². The van der Waals surface area contributed by atoms with E-state index >= 15 is 0 Å². The van der Waals surface area contributed by atoms with Gasteiger partial charge in [0.25, 0.3) is 0 Å². The van der Waals surface area contributed by atoms with Crippen LogP contribution in [0.25, 0.3) is 6.08 Å². The predicted molar refractivity (Wildman–Crippen MR) is 50.3 cm³/mol. The van der Waals surface area contributed by atoms with Gasteiger partial charge in [0.15, 0.2) is 0 Å². The highest BCUT2D eigenvalue weighted by atomic mass is 32.1. The standard InChI is InChI=1S/C9H10O2S/c1-6-3-4-12-8(6)5-7(2)9(10)11/h3-5H,1-2H3,(H,10,11)/b7-5+. The van der Waals surface area contributed by atoms with Gasteiger partial charge in [-0.15, -0.1) is 11.3 Å². The number of hydrogen-bond acceptors (Lipinski definition) is 2. The first-order chi connectivity index (χ1) is 5.61. The van der Waals surface area contributed by atoms with Gasteiger partial charge in [-0.05, 0) is 36.9 Å². The Morgan fingerprint density at radius 2 is 2.33 bits per heavy atom. The molecule has 1 N–H and O–H groups in total. The molecule has 0 fully saturated rings. The summed E-state index contributed by atoms with van der Waals surface area (Å²) in [6.07, 6.45) is 1.70. The molecule has 0 amide bonds. The van der Waals surface area contributed by atoms with Crippen molar-refractivity contribution in [2.75, 3.05) is 0 Å². The van der Waals surface area contributed by atoms with Crippen LogP contribution >= 0.6 is 11.3 Å². The fraction of sp³-hybridized carbons (Fsp3) is 0.222. The van der Waals surface area contributed by atoms with Gasteiger partial charge in [-0.3, -0.25) is 0 Å². The molecule has 3 heteroatoms. The van der Waals surface area contributed by atoms with Crippen LogP contribution in [-0.4, -0.2) is 11.1 Å². The van der Waals surface area contributed by atoms with Crippen LogP contribution in [0.3, 0.4) is 0 Å². The Bertz CT molecular complexity index is 323. The lowest BCUT2D eigenvalue weighted by atomic mass is 10.2. The maximum Gasteiger partial charge on any atom is 0.331 e. The van der Waals surface area contributed by atoms with Gasteiger partial charge in [-0.1, -0.05) is 0 Å². The summed E-state index contributed by atoms with van der Waals surface area (Å²) in [6, 6.07) is 1.98. The second-order valence-electron chi connectivity index (χ2n) is 2.60. The van der Waals surface area contributed by atoms with Crippen LogP contribution in [0.5, 0.6) is 0 Å². The first kappa shape index (κ1) is 9.00. The van der Waals surface area contributed by atoms with Crippen molar-refractivity contribution in [3.63, 3.8) is 0 Å². The van der Waals surface area contributed by atoms with Gasteiger partial charge in [0.05, 0.1) is 0 Å². The second-order valence-corrected chi connectivity index (χ2v) is 3.55. The smallest absolute Gasteiger partial charge is 0.331 e. The van der Waals surface area contributed by atoms with Crippen molar-refractivity contribution in [2.24, 2.45) is 0 Å². The second kappa shape index (κ2) is 3.54. The van der Waals surface area contributed by atoms with E-state index in [0.717, 1.165) is 10.4 Å². The molecule has 1 heterocycles. The summed E-state index contributed by atoms with van der Waals surface area (Å²) < 4.78 is 0. The zero-order valence-electron chi connectivity index (χ0n) is 7.00. The maximum atomic E-state index is 10.5. The van der Waals surface area contributed by atoms with Crippen molar-refractivity contribution >= 4 is 23.4 Å². The van der Waals surface area contributed by atoms with Gasteiger partial charge in [-0.25, -0.2) is 4.79 Å². The Morgan fingerprint density at radius 1 is 1.67 bits per heavy atom. The lowest BCUT2D eigenvalue weighted by molar-refractivity contribution is -0.132. The number of aryl methyl sites for hydroxylation is 1. The Hall–Kier alpha value is -1.09. The Balaban J connectivity index is 2.95. The van der Waals surface area contributed by atoms with Crippen LogP contribution in [0.2, 0.25) is 0 Å². The number of carbonyl (C=O) groups is 1. The van der Waals surface area contributed by atoms with E-state index in [4.69, 9.17) is 5.11 Å². The molecule has 0 aromatic carbocycles. The highest BCUT2D eigenvalue weighted by Gasteiger charge is 2.01. The molecule has 0 saturated heterocycles. The fourth-order valence-corrected chi connectivity index (χ4v) is 1.71. The minimum absolute atomic E-state index is 0.376. The lowest BCUT2D eigenvalue weighted by Crippen LogP contribution is -1.94. The zero-order valence-corrected chi connectivity index (χ0v) is 7.81. The van der Waals surface area contributed by atoms with Crippen molar-refractivity contribution in [3.05, 3.63) is 27.5 Å². The third-order valence-corrected chi connectivity index (χ3v) is 2.55. The van der Waals surface area contributed by atoms with E-state index in [9.17, 15) is 4.79 Å². The summed E-state index contributed by atoms with van der Waals surface area (Å²) in [6.45, 7) is 3.57. The maximum absolute atomic E-state index is 10.5. The monoisotopic (exact) mass is 182 g/mol. The van der Waals surface area contributed by atoms with Crippen LogP contribution in [0.4, 0.5) is 0 Å². The summed E-state index contributed by atoms with van der Waals surface area (Å²) in [4.78, 5) is 11.5. The van der Waals surface area contributed by atoms with Gasteiger partial charge < -0.3 is 5.11 Å². The highest BCUT2D eigenvalue weighted by Crippen LogP contribution is 2.18. The largest absolute Gasteiger partial charge is 0.478 e. The van der Waals surface area contributed by atoms with E-state index in [-0.39, 0.29) is 0 Å². The van der Waals surface area contributed by atoms with Gasteiger partial charge >= 0.3 is 5.97 Å². The first-order valence-electron chi connectivity index (χ1n) is 3.57. The van der Waals surface area contributed by atoms with Crippen LogP contribution in [0.15, 0.2) is 17.0 Å². The first-order valence-corrected chi connectivity index (χ1v) is 4.45. The van der Waals surface area contributed by atoms with Gasteiger partial charge in [0.2, 0.25) is 0 Å². The van der Waals surface area contributed by atoms with E-state index in [1.54, 1.807) is 24.3 Å². The van der Waals surface area contributed by atoms with Crippen LogP contribution < -0.4 is 0 Å². The van der Waals surface area contributed by atoms with E-state index in [2.05, 4.69) is 0 Å². The molecule has 0 aliphatic rings. The quantitative estimate of drug-likeness (QED) is 0.714. The van der Waals surface area contributed by atoms with E-state index < -0.39 is 5.97 Å². The molecule has 2 nitrogen and oxygen atoms in total. The molecule has 0 spiro atoms. The van der Waals surface area contributed by atoms with Gasteiger partial charge in [-0.2, -0.15) is 0 Å². The molecular weight excluding hydrogens is 172 g/mol. The summed E-state index contributed by atoms with van der Waals surface area (Å²) in [5.41, 5.74) is 1.50. The molecule has 0 atom stereocenters. The molecule has 1 aromatic heterocycles. The molecule has 0 radical (unpaired) electrons. The number of aliphatic carboxylic acids is 1. The third kappa shape index (κ3) is 1.95. The van der Waals surface area contributed by atoms with Crippen LogP contribution in [0.1, 0.15) is 17.4 Å². The molecule has 0 unspecified atom stereocenters. The fourth-order valence-electron chi connectivity index (χ4n) is 0.791. The van der Waals surface area contributed by atoms with Crippen molar-refractivity contribution in [2.45, 2.75) is 13.8 Å². The van der Waals surface area contributed by atoms with Crippen molar-refractivity contribution in [3.8, 4) is 0 Å². The third-order valence-electron chi connectivity index (χ3n) is 1.59. The average molecular weight is 182 g/mol. The van der Waals surface area contributed by atoms with Crippen LogP contribution in [-0.2, 0) is 4.79 Å². The Morgan fingerprint density at radius 3 is 2.75 bits per heavy atom. The number of carboxylic acids is 1. The lowest BCUT2D eigenvalue weighted by Gasteiger charge is -1.92. The molecular formula is C9H10O2S. The molecule has 64 valence electrons. The van der Waals surface area contributed by atoms with Crippen molar-refractivity contribution in [1.29, 1.82) is 0 Å². The SMILES string of the molecule is C/C(=C\c1sccc1C)C(=O)O. The van der Waals surface area contributed by atoms with Crippen LogP contribution in [0, 0.1) is 6.92 Å². The average Bonchev–Trinajstić information content (AvgIpc) is 2.36. The summed E-state index contributed by atoms with van der Waals surface area (Å²) in [5, 5.41) is 10.6. The van der Waals surface area contributed by atoms with E-state index in [1.807, 2.05) is 18.4 Å². The number of hydrogen-bond donors (Lipinski definition) is 1. The molecule has 1 rings (SSSR count). The Kier molecular flexibility index (Phi) is 2.65. The molecule has 1 aromatic rings. The summed E-state index contributed by atoms with van der Waals surface area (Å²) >= 11 is 1.56. The topological polar surface area (TPSA) is 37.3 Å². The summed E-state index contributed by atoms with van der Waals surface area (Å²) in [7, 11) is 0. The molecule has 12 heavy (non-hydrogen) atoms. The van der Waals surface area contributed by atoms with E-state index in [1.165, 1.54) is 0 Å². The highest BCUT2D eigenvalue weighted by molar-refractivity contribution is 7.11. The van der Waals surface area contributed by atoms with E-state index in [0.29, 0.717) is 5.57 Å². The van der Waals surface area contributed by atoms with Crippen molar-refractivity contribution in [1.82, 2.24) is 0 Å².